The van der Waals surface area contributed by atoms with Crippen molar-refractivity contribution in [3.8, 4) is 12.3 Å². The summed E-state index contributed by atoms with van der Waals surface area (Å²) in [6, 6.07) is 0. The van der Waals surface area contributed by atoms with Crippen LogP contribution in [0, 0.1) is 12.3 Å². The Morgan fingerprint density at radius 2 is 2.00 bits per heavy atom. The molecule has 0 aliphatic rings. The van der Waals surface area contributed by atoms with E-state index in [1.807, 2.05) is 0 Å². The SMILES string of the molecule is C#CCOS(=O)(=O)CCCCCC(C)=O. The van der Waals surface area contributed by atoms with Gasteiger partial charge in [-0.15, -0.1) is 6.42 Å². The number of rotatable bonds is 8. The maximum atomic E-state index is 11.1. The highest BCUT2D eigenvalue weighted by molar-refractivity contribution is 7.86. The largest absolute Gasteiger partial charge is 0.300 e. The molecule has 0 spiro atoms. The van der Waals surface area contributed by atoms with Crippen LogP contribution in [-0.2, 0) is 19.1 Å². The molecule has 0 N–H and O–H groups in total. The highest BCUT2D eigenvalue weighted by Crippen LogP contribution is 2.04. The minimum absolute atomic E-state index is 0.0351. The average Bonchev–Trinajstić information content (AvgIpc) is 2.14. The second-order valence-electron chi connectivity index (χ2n) is 3.24. The molecule has 0 saturated heterocycles. The number of carbonyl (C=O) groups excluding carboxylic acids is 1. The van der Waals surface area contributed by atoms with Crippen molar-refractivity contribution in [2.24, 2.45) is 0 Å². The van der Waals surface area contributed by atoms with Gasteiger partial charge >= 0.3 is 0 Å². The Balaban J connectivity index is 3.58. The molecule has 0 aromatic carbocycles. The van der Waals surface area contributed by atoms with Gasteiger partial charge in [-0.1, -0.05) is 12.3 Å². The molecule has 0 aliphatic carbocycles. The minimum atomic E-state index is -3.47. The lowest BCUT2D eigenvalue weighted by atomic mass is 10.2. The molecule has 0 aromatic heterocycles. The Bertz CT molecular complexity index is 324. The van der Waals surface area contributed by atoms with Crippen LogP contribution in [0.15, 0.2) is 0 Å². The first kappa shape index (κ1) is 14.1. The van der Waals surface area contributed by atoms with Gasteiger partial charge in [0.1, 0.15) is 12.4 Å². The molecule has 0 unspecified atom stereocenters. The standard InChI is InChI=1S/C10H16O4S/c1-3-8-14-15(12,13)9-6-4-5-7-10(2)11/h1H,4-9H2,2H3. The van der Waals surface area contributed by atoms with E-state index in [1.165, 1.54) is 6.92 Å². The molecule has 0 radical (unpaired) electrons. The second-order valence-corrected chi connectivity index (χ2v) is 5.00. The Labute approximate surface area is 91.1 Å². The fraction of sp³-hybridized carbons (Fsp3) is 0.700. The van der Waals surface area contributed by atoms with Crippen molar-refractivity contribution in [3.05, 3.63) is 0 Å². The van der Waals surface area contributed by atoms with Crippen LogP contribution >= 0.6 is 0 Å². The lowest BCUT2D eigenvalue weighted by Crippen LogP contribution is -2.10. The molecule has 0 saturated carbocycles. The quantitative estimate of drug-likeness (QED) is 0.357. The van der Waals surface area contributed by atoms with E-state index in [0.29, 0.717) is 19.3 Å². The number of terminal acetylenes is 1. The summed E-state index contributed by atoms with van der Waals surface area (Å²) in [4.78, 5) is 10.6. The number of hydrogen-bond donors (Lipinski definition) is 0. The van der Waals surface area contributed by atoms with Crippen LogP contribution < -0.4 is 0 Å². The van der Waals surface area contributed by atoms with Crippen molar-refractivity contribution in [1.82, 2.24) is 0 Å². The fourth-order valence-corrected chi connectivity index (χ4v) is 1.94. The number of carbonyl (C=O) groups is 1. The first-order chi connectivity index (χ1) is 6.98. The van der Waals surface area contributed by atoms with Crippen molar-refractivity contribution >= 4 is 15.9 Å². The van der Waals surface area contributed by atoms with Crippen molar-refractivity contribution in [3.63, 3.8) is 0 Å². The molecular weight excluding hydrogens is 216 g/mol. The molecule has 0 rings (SSSR count). The summed E-state index contributed by atoms with van der Waals surface area (Å²) in [6.45, 7) is 1.31. The maximum absolute atomic E-state index is 11.1. The Hall–Kier alpha value is -0.860. The van der Waals surface area contributed by atoms with E-state index in [-0.39, 0.29) is 18.1 Å². The number of Topliss-reactive ketones (excluding diaryl/α,β-unsaturated/α-hetero) is 1. The zero-order chi connectivity index (χ0) is 11.7. The van der Waals surface area contributed by atoms with E-state index >= 15 is 0 Å². The molecule has 0 atom stereocenters. The molecule has 4 nitrogen and oxygen atoms in total. The number of ketones is 1. The molecule has 15 heavy (non-hydrogen) atoms. The molecule has 0 aliphatic heterocycles. The van der Waals surface area contributed by atoms with E-state index in [2.05, 4.69) is 10.1 Å². The lowest BCUT2D eigenvalue weighted by Gasteiger charge is -2.02. The predicted molar refractivity (Wildman–Crippen MR) is 57.7 cm³/mol. The number of hydrogen-bond acceptors (Lipinski definition) is 4. The molecule has 0 heterocycles. The van der Waals surface area contributed by atoms with Crippen molar-refractivity contribution in [2.75, 3.05) is 12.4 Å². The third-order valence-electron chi connectivity index (χ3n) is 1.74. The summed E-state index contributed by atoms with van der Waals surface area (Å²) >= 11 is 0. The summed E-state index contributed by atoms with van der Waals surface area (Å²) < 4.78 is 26.7. The van der Waals surface area contributed by atoms with Crippen molar-refractivity contribution < 1.29 is 17.4 Å². The molecule has 0 bridgehead atoms. The van der Waals surface area contributed by atoms with Crippen molar-refractivity contribution in [1.29, 1.82) is 0 Å². The predicted octanol–water partition coefficient (Wildman–Crippen LogP) is 1.12. The normalized spacial score (nSPS) is 10.9. The van der Waals surface area contributed by atoms with Crippen LogP contribution in [0.3, 0.4) is 0 Å². The number of unbranched alkanes of at least 4 members (excludes halogenated alkanes) is 2. The van der Waals surface area contributed by atoms with Gasteiger partial charge in [0.05, 0.1) is 5.75 Å². The Kier molecular flexibility index (Phi) is 7.01. The van der Waals surface area contributed by atoms with Crippen molar-refractivity contribution in [2.45, 2.75) is 32.6 Å². The second kappa shape index (κ2) is 7.43. The monoisotopic (exact) mass is 232 g/mol. The highest BCUT2D eigenvalue weighted by atomic mass is 32.2. The van der Waals surface area contributed by atoms with Crippen LogP contribution in [0.5, 0.6) is 0 Å². The molecule has 0 amide bonds. The van der Waals surface area contributed by atoms with Crippen LogP contribution in [0.1, 0.15) is 32.6 Å². The van der Waals surface area contributed by atoms with Gasteiger partial charge in [-0.05, 0) is 19.8 Å². The zero-order valence-electron chi connectivity index (χ0n) is 8.86. The van der Waals surface area contributed by atoms with Gasteiger partial charge in [0.2, 0.25) is 0 Å². The van der Waals surface area contributed by atoms with Crippen LogP contribution in [-0.4, -0.2) is 26.6 Å². The van der Waals surface area contributed by atoms with E-state index in [0.717, 1.165) is 6.42 Å². The molecule has 0 fully saturated rings. The van der Waals surface area contributed by atoms with Gasteiger partial charge in [0.25, 0.3) is 10.1 Å². The lowest BCUT2D eigenvalue weighted by molar-refractivity contribution is -0.117. The minimum Gasteiger partial charge on any atom is -0.300 e. The first-order valence-electron chi connectivity index (χ1n) is 4.78. The third kappa shape index (κ3) is 9.44. The van der Waals surface area contributed by atoms with E-state index in [1.54, 1.807) is 0 Å². The topological polar surface area (TPSA) is 60.4 Å². The third-order valence-corrected chi connectivity index (χ3v) is 3.01. The van der Waals surface area contributed by atoms with Gasteiger partial charge in [0, 0.05) is 6.42 Å². The summed E-state index contributed by atoms with van der Waals surface area (Å²) in [7, 11) is -3.47. The van der Waals surface area contributed by atoms with Crippen LogP contribution in [0.25, 0.3) is 0 Å². The highest BCUT2D eigenvalue weighted by Gasteiger charge is 2.09. The average molecular weight is 232 g/mol. The zero-order valence-corrected chi connectivity index (χ0v) is 9.68. The first-order valence-corrected chi connectivity index (χ1v) is 6.35. The van der Waals surface area contributed by atoms with Gasteiger partial charge in [-0.25, -0.2) is 0 Å². The maximum Gasteiger partial charge on any atom is 0.268 e. The summed E-state index contributed by atoms with van der Waals surface area (Å²) in [5, 5.41) is 0. The van der Waals surface area contributed by atoms with E-state index in [4.69, 9.17) is 6.42 Å². The molecule has 5 heteroatoms. The molecule has 86 valence electrons. The van der Waals surface area contributed by atoms with E-state index in [9.17, 15) is 13.2 Å². The van der Waals surface area contributed by atoms with Gasteiger partial charge < -0.3 is 4.79 Å². The van der Waals surface area contributed by atoms with Gasteiger partial charge in [-0.3, -0.25) is 4.18 Å². The van der Waals surface area contributed by atoms with Gasteiger partial charge in [0.15, 0.2) is 0 Å². The van der Waals surface area contributed by atoms with Crippen LogP contribution in [0.2, 0.25) is 0 Å². The van der Waals surface area contributed by atoms with E-state index < -0.39 is 10.1 Å². The fourth-order valence-electron chi connectivity index (χ4n) is 1.01. The van der Waals surface area contributed by atoms with Gasteiger partial charge in [-0.2, -0.15) is 8.42 Å². The summed E-state index contributed by atoms with van der Waals surface area (Å²) in [5.41, 5.74) is 0. The molecular formula is C10H16O4S. The smallest absolute Gasteiger partial charge is 0.268 e. The summed E-state index contributed by atoms with van der Waals surface area (Å²) in [5.74, 6) is 2.19. The summed E-state index contributed by atoms with van der Waals surface area (Å²) in [6.07, 6.45) is 7.30. The van der Waals surface area contributed by atoms with Crippen LogP contribution in [0.4, 0.5) is 0 Å². The Morgan fingerprint density at radius 1 is 1.33 bits per heavy atom. The molecule has 0 aromatic rings. The Morgan fingerprint density at radius 3 is 2.53 bits per heavy atom.